The standard InChI is InChI=1S/C25H33N5O4S/c1-28(2)35(32,33)21-8-9-23-22(16-21)27-24(29(23)3)10-11-25(31)26-17-19-6-4-5-7-20(19)18-30-12-14-34-15-13-30/h4-9,16H,10-15,17-18H2,1-3H3,(H,26,31). The fourth-order valence-corrected chi connectivity index (χ4v) is 5.14. The number of carbonyl (C=O) groups excluding carboxylic acids is 1. The van der Waals surface area contributed by atoms with Crippen LogP contribution in [0.15, 0.2) is 47.4 Å². The SMILES string of the molecule is CN(C)S(=O)(=O)c1ccc2c(c1)nc(CCC(=O)NCc1ccccc1CN1CCOCC1)n2C. The predicted molar refractivity (Wildman–Crippen MR) is 134 cm³/mol. The lowest BCUT2D eigenvalue weighted by Crippen LogP contribution is -2.36. The molecule has 1 aliphatic heterocycles. The molecule has 35 heavy (non-hydrogen) atoms. The topological polar surface area (TPSA) is 96.8 Å². The third-order valence-corrected chi connectivity index (χ3v) is 8.20. The summed E-state index contributed by atoms with van der Waals surface area (Å²) in [6.45, 7) is 4.68. The Morgan fingerprint density at radius 3 is 2.54 bits per heavy atom. The summed E-state index contributed by atoms with van der Waals surface area (Å²) in [5, 5.41) is 3.04. The molecule has 1 amide bonds. The summed E-state index contributed by atoms with van der Waals surface area (Å²) >= 11 is 0. The first-order valence-electron chi connectivity index (χ1n) is 11.8. The molecular weight excluding hydrogens is 466 g/mol. The molecule has 1 aromatic heterocycles. The van der Waals surface area contributed by atoms with Crippen LogP contribution in [0.4, 0.5) is 0 Å². The predicted octanol–water partition coefficient (Wildman–Crippen LogP) is 1.90. The van der Waals surface area contributed by atoms with Crippen molar-refractivity contribution in [2.24, 2.45) is 7.05 Å². The third-order valence-electron chi connectivity index (χ3n) is 6.39. The first-order valence-corrected chi connectivity index (χ1v) is 13.2. The summed E-state index contributed by atoms with van der Waals surface area (Å²) < 4.78 is 33.4. The summed E-state index contributed by atoms with van der Waals surface area (Å²) in [5.74, 6) is 0.691. The average molecular weight is 500 g/mol. The van der Waals surface area contributed by atoms with E-state index in [-0.39, 0.29) is 10.8 Å². The van der Waals surface area contributed by atoms with Crippen LogP contribution in [-0.4, -0.2) is 73.5 Å². The van der Waals surface area contributed by atoms with E-state index in [1.807, 2.05) is 23.7 Å². The van der Waals surface area contributed by atoms with Crippen molar-refractivity contribution >= 4 is 27.0 Å². The highest BCUT2D eigenvalue weighted by Gasteiger charge is 2.19. The molecule has 0 saturated carbocycles. The Labute approximate surface area is 206 Å². The van der Waals surface area contributed by atoms with Gasteiger partial charge in [0.2, 0.25) is 15.9 Å². The average Bonchev–Trinajstić information content (AvgIpc) is 3.17. The smallest absolute Gasteiger partial charge is 0.242 e. The van der Waals surface area contributed by atoms with Crippen molar-refractivity contribution in [2.75, 3.05) is 40.4 Å². The van der Waals surface area contributed by atoms with Crippen LogP contribution in [0.1, 0.15) is 23.4 Å². The number of aryl methyl sites for hydroxylation is 2. The normalized spacial score (nSPS) is 15.1. The maximum Gasteiger partial charge on any atom is 0.242 e. The second-order valence-corrected chi connectivity index (χ2v) is 11.1. The van der Waals surface area contributed by atoms with Crippen LogP contribution in [0.5, 0.6) is 0 Å². The first kappa shape index (κ1) is 25.3. The largest absolute Gasteiger partial charge is 0.379 e. The van der Waals surface area contributed by atoms with Crippen LogP contribution in [-0.2, 0) is 46.1 Å². The number of benzene rings is 2. The number of nitrogens with zero attached hydrogens (tertiary/aromatic N) is 4. The van der Waals surface area contributed by atoms with E-state index in [0.29, 0.717) is 24.9 Å². The minimum atomic E-state index is -3.53. The van der Waals surface area contributed by atoms with E-state index in [1.54, 1.807) is 18.2 Å². The van der Waals surface area contributed by atoms with Crippen LogP contribution >= 0.6 is 0 Å². The van der Waals surface area contributed by atoms with Gasteiger partial charge in [0.05, 0.1) is 29.1 Å². The van der Waals surface area contributed by atoms with Gasteiger partial charge >= 0.3 is 0 Å². The van der Waals surface area contributed by atoms with Crippen LogP contribution in [0.25, 0.3) is 11.0 Å². The van der Waals surface area contributed by atoms with Crippen molar-refractivity contribution < 1.29 is 17.9 Å². The maximum atomic E-state index is 12.6. The van der Waals surface area contributed by atoms with Gasteiger partial charge in [-0.1, -0.05) is 24.3 Å². The third kappa shape index (κ3) is 5.90. The lowest BCUT2D eigenvalue weighted by Gasteiger charge is -2.27. The molecule has 1 N–H and O–H groups in total. The molecule has 0 atom stereocenters. The van der Waals surface area contributed by atoms with Gasteiger partial charge in [-0.3, -0.25) is 9.69 Å². The van der Waals surface area contributed by atoms with Gasteiger partial charge in [-0.15, -0.1) is 0 Å². The fraction of sp³-hybridized carbons (Fsp3) is 0.440. The minimum Gasteiger partial charge on any atom is -0.379 e. The molecule has 0 radical (unpaired) electrons. The molecule has 10 heteroatoms. The highest BCUT2D eigenvalue weighted by atomic mass is 32.2. The molecule has 1 fully saturated rings. The van der Waals surface area contributed by atoms with E-state index in [4.69, 9.17) is 4.74 Å². The van der Waals surface area contributed by atoms with Gasteiger partial charge in [-0.25, -0.2) is 17.7 Å². The Hall–Kier alpha value is -2.79. The zero-order valence-corrected chi connectivity index (χ0v) is 21.3. The van der Waals surface area contributed by atoms with E-state index in [1.165, 1.54) is 24.0 Å². The molecule has 0 spiro atoms. The number of amides is 1. The Morgan fingerprint density at radius 2 is 1.83 bits per heavy atom. The number of ether oxygens (including phenoxy) is 1. The second kappa shape index (κ2) is 10.9. The van der Waals surface area contributed by atoms with Crippen LogP contribution < -0.4 is 5.32 Å². The molecule has 2 heterocycles. The highest BCUT2D eigenvalue weighted by molar-refractivity contribution is 7.89. The van der Waals surface area contributed by atoms with E-state index in [2.05, 4.69) is 27.3 Å². The van der Waals surface area contributed by atoms with Gasteiger partial charge in [0.25, 0.3) is 0 Å². The van der Waals surface area contributed by atoms with E-state index >= 15 is 0 Å². The number of hydrogen-bond donors (Lipinski definition) is 1. The monoisotopic (exact) mass is 499 g/mol. The first-order chi connectivity index (χ1) is 16.8. The van der Waals surface area contributed by atoms with Gasteiger partial charge in [0, 0.05) is 60.2 Å². The van der Waals surface area contributed by atoms with Crippen LogP contribution in [0.2, 0.25) is 0 Å². The molecule has 1 saturated heterocycles. The lowest BCUT2D eigenvalue weighted by molar-refractivity contribution is -0.121. The number of hydrogen-bond acceptors (Lipinski definition) is 6. The number of nitrogens with one attached hydrogen (secondary N) is 1. The van der Waals surface area contributed by atoms with Gasteiger partial charge < -0.3 is 14.6 Å². The summed E-state index contributed by atoms with van der Waals surface area (Å²) in [4.78, 5) is 19.8. The van der Waals surface area contributed by atoms with E-state index in [9.17, 15) is 13.2 Å². The Kier molecular flexibility index (Phi) is 7.85. The molecule has 9 nitrogen and oxygen atoms in total. The number of imidazole rings is 1. The summed E-state index contributed by atoms with van der Waals surface area (Å²) in [6.07, 6.45) is 0.758. The lowest BCUT2D eigenvalue weighted by atomic mass is 10.1. The van der Waals surface area contributed by atoms with Gasteiger partial charge in [0.15, 0.2) is 0 Å². The number of morpholine rings is 1. The van der Waals surface area contributed by atoms with E-state index < -0.39 is 10.0 Å². The Morgan fingerprint density at radius 1 is 1.11 bits per heavy atom. The van der Waals surface area contributed by atoms with Gasteiger partial charge in [-0.05, 0) is 29.3 Å². The Balaban J connectivity index is 1.37. The fourth-order valence-electron chi connectivity index (χ4n) is 4.22. The molecule has 0 unspecified atom stereocenters. The quantitative estimate of drug-likeness (QED) is 0.483. The second-order valence-electron chi connectivity index (χ2n) is 8.96. The van der Waals surface area contributed by atoms with E-state index in [0.717, 1.165) is 49.8 Å². The minimum absolute atomic E-state index is 0.0471. The molecule has 3 aromatic rings. The van der Waals surface area contributed by atoms with Crippen LogP contribution in [0, 0.1) is 0 Å². The number of sulfonamides is 1. The van der Waals surface area contributed by atoms with Crippen molar-refractivity contribution in [1.82, 2.24) is 24.1 Å². The van der Waals surface area contributed by atoms with Crippen molar-refractivity contribution in [2.45, 2.75) is 30.8 Å². The zero-order valence-electron chi connectivity index (χ0n) is 20.5. The van der Waals surface area contributed by atoms with Crippen molar-refractivity contribution in [3.63, 3.8) is 0 Å². The van der Waals surface area contributed by atoms with Crippen molar-refractivity contribution in [1.29, 1.82) is 0 Å². The Bertz CT molecular complexity index is 1300. The number of aromatic nitrogens is 2. The summed E-state index contributed by atoms with van der Waals surface area (Å²) in [6, 6.07) is 13.1. The highest BCUT2D eigenvalue weighted by Crippen LogP contribution is 2.22. The van der Waals surface area contributed by atoms with Crippen LogP contribution in [0.3, 0.4) is 0 Å². The molecule has 0 aliphatic carbocycles. The maximum absolute atomic E-state index is 12.6. The van der Waals surface area contributed by atoms with Crippen molar-refractivity contribution in [3.05, 3.63) is 59.4 Å². The van der Waals surface area contributed by atoms with Crippen molar-refractivity contribution in [3.8, 4) is 0 Å². The molecule has 188 valence electrons. The number of rotatable bonds is 9. The molecule has 1 aliphatic rings. The molecular formula is C25H33N5O4S. The van der Waals surface area contributed by atoms with Gasteiger partial charge in [0.1, 0.15) is 5.82 Å². The summed E-state index contributed by atoms with van der Waals surface area (Å²) in [5.41, 5.74) is 3.76. The molecule has 4 rings (SSSR count). The number of carbonyl (C=O) groups is 1. The molecule has 0 bridgehead atoms. The van der Waals surface area contributed by atoms with Gasteiger partial charge in [-0.2, -0.15) is 0 Å². The zero-order chi connectivity index (χ0) is 25.0. The summed E-state index contributed by atoms with van der Waals surface area (Å²) in [7, 11) is 1.35. The number of fused-ring (bicyclic) bond motifs is 1. The molecule has 2 aromatic carbocycles.